The lowest BCUT2D eigenvalue weighted by Gasteiger charge is -2.32. The molecule has 2 atom stereocenters. The number of rotatable bonds is 12. The fourth-order valence-corrected chi connectivity index (χ4v) is 4.08. The van der Waals surface area contributed by atoms with Crippen LogP contribution >= 0.6 is 22.6 Å². The van der Waals surface area contributed by atoms with Gasteiger partial charge in [0.05, 0.1) is 7.11 Å². The van der Waals surface area contributed by atoms with E-state index in [1.54, 1.807) is 12.0 Å². The van der Waals surface area contributed by atoms with E-state index in [0.29, 0.717) is 17.9 Å². The van der Waals surface area contributed by atoms with Crippen molar-refractivity contribution in [1.29, 1.82) is 0 Å². The lowest BCUT2D eigenvalue weighted by molar-refractivity contribution is -0.143. The van der Waals surface area contributed by atoms with E-state index in [4.69, 9.17) is 9.47 Å². The average molecular weight is 600 g/mol. The summed E-state index contributed by atoms with van der Waals surface area (Å²) in [7, 11) is 1.61. The lowest BCUT2D eigenvalue weighted by atomic mass is 10.0. The van der Waals surface area contributed by atoms with Crippen molar-refractivity contribution in [2.24, 2.45) is 0 Å². The molecule has 3 aromatic rings. The second-order valence-corrected chi connectivity index (χ2v) is 9.88. The zero-order chi connectivity index (χ0) is 25.9. The largest absolute Gasteiger partial charge is 0.497 e. The minimum Gasteiger partial charge on any atom is -0.497 e. The topological polar surface area (TPSA) is 67.9 Å². The van der Waals surface area contributed by atoms with Gasteiger partial charge in [-0.15, -0.1) is 0 Å². The van der Waals surface area contributed by atoms with Gasteiger partial charge in [-0.1, -0.05) is 49.4 Å². The molecule has 0 aromatic heterocycles. The SMILES string of the molecule is CCC(C)NC(=O)C(Cc1ccccc1)N(Cc1cccc(OC)c1)C(=O)COc1ccc(I)cc1. The first-order valence-corrected chi connectivity index (χ1v) is 13.1. The van der Waals surface area contributed by atoms with Crippen molar-refractivity contribution < 1.29 is 19.1 Å². The van der Waals surface area contributed by atoms with Crippen LogP contribution in [0.2, 0.25) is 0 Å². The summed E-state index contributed by atoms with van der Waals surface area (Å²) in [4.78, 5) is 28.8. The van der Waals surface area contributed by atoms with Crippen molar-refractivity contribution in [2.75, 3.05) is 13.7 Å². The normalized spacial score (nSPS) is 12.3. The number of halogens is 1. The van der Waals surface area contributed by atoms with Gasteiger partial charge in [0, 0.05) is 22.6 Å². The fraction of sp³-hybridized carbons (Fsp3) is 0.310. The zero-order valence-electron chi connectivity index (χ0n) is 20.9. The molecule has 0 saturated heterocycles. The number of benzene rings is 3. The summed E-state index contributed by atoms with van der Waals surface area (Å²) in [5, 5.41) is 3.07. The predicted molar refractivity (Wildman–Crippen MR) is 150 cm³/mol. The van der Waals surface area contributed by atoms with E-state index >= 15 is 0 Å². The van der Waals surface area contributed by atoms with E-state index in [1.165, 1.54) is 0 Å². The van der Waals surface area contributed by atoms with Gasteiger partial charge in [0.25, 0.3) is 5.91 Å². The molecule has 0 heterocycles. The van der Waals surface area contributed by atoms with Crippen molar-refractivity contribution in [3.05, 3.63) is 93.6 Å². The number of carbonyl (C=O) groups excluding carboxylic acids is 2. The lowest BCUT2D eigenvalue weighted by Crippen LogP contribution is -2.53. The number of hydrogen-bond acceptors (Lipinski definition) is 4. The summed E-state index contributed by atoms with van der Waals surface area (Å²) >= 11 is 2.22. The summed E-state index contributed by atoms with van der Waals surface area (Å²) in [6.45, 7) is 4.06. The predicted octanol–water partition coefficient (Wildman–Crippen LogP) is 5.23. The highest BCUT2D eigenvalue weighted by Gasteiger charge is 2.31. The van der Waals surface area contributed by atoms with Crippen molar-refractivity contribution in [3.63, 3.8) is 0 Å². The third-order valence-corrected chi connectivity index (χ3v) is 6.65. The van der Waals surface area contributed by atoms with E-state index in [-0.39, 0.29) is 31.0 Å². The Bertz CT molecular complexity index is 1120. The summed E-state index contributed by atoms with van der Waals surface area (Å²) < 4.78 is 12.3. The number of carbonyl (C=O) groups is 2. The molecule has 1 N–H and O–H groups in total. The standard InChI is InChI=1S/C29H33IN2O4/c1-4-21(2)31-29(34)27(18-22-9-6-5-7-10-22)32(19-23-11-8-12-26(17-23)35-3)28(33)20-36-25-15-13-24(30)14-16-25/h5-17,21,27H,4,18-20H2,1-3H3,(H,31,34). The third-order valence-electron chi connectivity index (χ3n) is 5.94. The molecule has 36 heavy (non-hydrogen) atoms. The molecule has 0 radical (unpaired) electrons. The first-order valence-electron chi connectivity index (χ1n) is 12.0. The molecule has 2 amide bonds. The summed E-state index contributed by atoms with van der Waals surface area (Å²) in [5.41, 5.74) is 1.84. The first-order chi connectivity index (χ1) is 17.4. The maximum atomic E-state index is 13.6. The van der Waals surface area contributed by atoms with E-state index in [0.717, 1.165) is 21.1 Å². The van der Waals surface area contributed by atoms with Gasteiger partial charge in [0.15, 0.2) is 6.61 Å². The molecule has 0 aliphatic rings. The fourth-order valence-electron chi connectivity index (χ4n) is 3.72. The maximum Gasteiger partial charge on any atom is 0.261 e. The van der Waals surface area contributed by atoms with Gasteiger partial charge in [-0.2, -0.15) is 0 Å². The average Bonchev–Trinajstić information content (AvgIpc) is 2.90. The molecule has 0 saturated carbocycles. The van der Waals surface area contributed by atoms with E-state index in [9.17, 15) is 9.59 Å². The monoisotopic (exact) mass is 600 g/mol. The number of amides is 2. The van der Waals surface area contributed by atoms with Crippen LogP contribution in [0.25, 0.3) is 0 Å². The number of nitrogens with zero attached hydrogens (tertiary/aromatic N) is 1. The maximum absolute atomic E-state index is 13.6. The van der Waals surface area contributed by atoms with Crippen LogP contribution in [0.4, 0.5) is 0 Å². The molecular formula is C29H33IN2O4. The number of nitrogens with one attached hydrogen (secondary N) is 1. The van der Waals surface area contributed by atoms with Gasteiger partial charge in [-0.3, -0.25) is 9.59 Å². The Labute approximate surface area is 227 Å². The minimum absolute atomic E-state index is 0.00686. The molecule has 7 heteroatoms. The smallest absolute Gasteiger partial charge is 0.261 e. The van der Waals surface area contributed by atoms with Crippen LogP contribution in [0.15, 0.2) is 78.9 Å². The van der Waals surface area contributed by atoms with Crippen LogP contribution in [-0.4, -0.2) is 42.5 Å². The Morgan fingerprint density at radius 1 is 0.944 bits per heavy atom. The molecule has 0 bridgehead atoms. The van der Waals surface area contributed by atoms with Crippen LogP contribution in [0, 0.1) is 3.57 Å². The van der Waals surface area contributed by atoms with Crippen molar-refractivity contribution >= 4 is 34.4 Å². The van der Waals surface area contributed by atoms with Crippen molar-refractivity contribution in [2.45, 2.75) is 45.3 Å². The first kappa shape index (κ1) is 27.5. The van der Waals surface area contributed by atoms with E-state index in [2.05, 4.69) is 27.9 Å². The number of ether oxygens (including phenoxy) is 2. The second-order valence-electron chi connectivity index (χ2n) is 8.64. The van der Waals surface area contributed by atoms with Gasteiger partial charge in [0.1, 0.15) is 17.5 Å². The van der Waals surface area contributed by atoms with Gasteiger partial charge in [-0.25, -0.2) is 0 Å². The summed E-state index contributed by atoms with van der Waals surface area (Å²) in [5.74, 6) is 0.850. The van der Waals surface area contributed by atoms with Crippen LogP contribution in [0.3, 0.4) is 0 Å². The van der Waals surface area contributed by atoms with Crippen LogP contribution < -0.4 is 14.8 Å². The van der Waals surface area contributed by atoms with Gasteiger partial charge in [0.2, 0.25) is 5.91 Å². The zero-order valence-corrected chi connectivity index (χ0v) is 23.1. The molecular weight excluding hydrogens is 567 g/mol. The number of methoxy groups -OCH3 is 1. The van der Waals surface area contributed by atoms with Crippen molar-refractivity contribution in [3.8, 4) is 11.5 Å². The second kappa shape index (κ2) is 13.9. The molecule has 6 nitrogen and oxygen atoms in total. The van der Waals surface area contributed by atoms with E-state index < -0.39 is 6.04 Å². The van der Waals surface area contributed by atoms with E-state index in [1.807, 2.05) is 92.7 Å². The molecule has 0 fully saturated rings. The van der Waals surface area contributed by atoms with Gasteiger partial charge in [-0.05, 0) is 83.5 Å². The Morgan fingerprint density at radius 3 is 2.31 bits per heavy atom. The van der Waals surface area contributed by atoms with Gasteiger partial charge < -0.3 is 19.7 Å². The van der Waals surface area contributed by atoms with Gasteiger partial charge >= 0.3 is 0 Å². The molecule has 3 aromatic carbocycles. The molecule has 2 unspecified atom stereocenters. The quantitative estimate of drug-likeness (QED) is 0.289. The van der Waals surface area contributed by atoms with Crippen molar-refractivity contribution in [1.82, 2.24) is 10.2 Å². The highest BCUT2D eigenvalue weighted by Crippen LogP contribution is 2.20. The Kier molecular flexibility index (Phi) is 10.6. The Hall–Kier alpha value is -3.07. The highest BCUT2D eigenvalue weighted by molar-refractivity contribution is 14.1. The Balaban J connectivity index is 1.92. The van der Waals surface area contributed by atoms with Crippen LogP contribution in [0.5, 0.6) is 11.5 Å². The molecule has 3 rings (SSSR count). The minimum atomic E-state index is -0.708. The molecule has 0 spiro atoms. The summed E-state index contributed by atoms with van der Waals surface area (Å²) in [6, 6.07) is 24.1. The number of hydrogen-bond donors (Lipinski definition) is 1. The third kappa shape index (κ3) is 8.26. The highest BCUT2D eigenvalue weighted by atomic mass is 127. The summed E-state index contributed by atoms with van der Waals surface area (Å²) in [6.07, 6.45) is 1.19. The molecule has 0 aliphatic heterocycles. The van der Waals surface area contributed by atoms with Crippen LogP contribution in [0.1, 0.15) is 31.4 Å². The Morgan fingerprint density at radius 2 is 1.64 bits per heavy atom. The molecule has 0 aliphatic carbocycles. The van der Waals surface area contributed by atoms with Crippen LogP contribution in [-0.2, 0) is 22.6 Å². The molecule has 190 valence electrons.